The number of rotatable bonds is 6. The zero-order valence-electron chi connectivity index (χ0n) is 16.2. The van der Waals surface area contributed by atoms with Crippen LogP contribution in [-0.4, -0.2) is 22.3 Å². The number of fused-ring (bicyclic) bond motifs is 1. The van der Waals surface area contributed by atoms with Gasteiger partial charge in [0, 0.05) is 5.39 Å². The average Bonchev–Trinajstić information content (AvgIpc) is 2.67. The van der Waals surface area contributed by atoms with Crippen LogP contribution in [0.1, 0.15) is 48.9 Å². The molecule has 0 aliphatic carbocycles. The molecule has 1 N–H and O–H groups in total. The first-order chi connectivity index (χ1) is 13.8. The molecule has 29 heavy (non-hydrogen) atoms. The van der Waals surface area contributed by atoms with Gasteiger partial charge in [-0.2, -0.15) is 13.9 Å². The molecule has 0 saturated heterocycles. The van der Waals surface area contributed by atoms with E-state index in [1.54, 1.807) is 43.3 Å². The maximum atomic E-state index is 13.0. The van der Waals surface area contributed by atoms with Crippen molar-refractivity contribution in [2.24, 2.45) is 0 Å². The van der Waals surface area contributed by atoms with E-state index >= 15 is 0 Å². The van der Waals surface area contributed by atoms with Crippen LogP contribution in [0.15, 0.2) is 53.3 Å². The fraction of sp³-hybridized carbons (Fsp3) is 0.286. The van der Waals surface area contributed by atoms with Crippen LogP contribution in [0, 0.1) is 0 Å². The molecule has 0 fully saturated rings. The summed E-state index contributed by atoms with van der Waals surface area (Å²) in [5.74, 6) is -0.459. The third kappa shape index (κ3) is 4.42. The number of aromatic nitrogens is 2. The third-order valence-electron chi connectivity index (χ3n) is 4.46. The van der Waals surface area contributed by atoms with Crippen LogP contribution in [-0.2, 0) is 0 Å². The molecule has 1 atom stereocenters. The highest BCUT2D eigenvalue weighted by atomic mass is 19.3. The van der Waals surface area contributed by atoms with E-state index in [1.807, 2.05) is 13.8 Å². The lowest BCUT2D eigenvalue weighted by molar-refractivity contribution is -0.0499. The van der Waals surface area contributed by atoms with Crippen molar-refractivity contribution in [1.29, 1.82) is 0 Å². The molecule has 8 heteroatoms. The summed E-state index contributed by atoms with van der Waals surface area (Å²) in [5.41, 5.74) is 0.454. The average molecular weight is 401 g/mol. The molecule has 2 aromatic carbocycles. The van der Waals surface area contributed by atoms with Crippen LogP contribution < -0.4 is 15.6 Å². The number of ether oxygens (including phenoxy) is 1. The SMILES string of the molecule is CC(NC(=O)c1nn(C(C)C)c(=O)c2ccccc12)c1cccc(OC(F)F)c1. The summed E-state index contributed by atoms with van der Waals surface area (Å²) in [4.78, 5) is 25.6. The summed E-state index contributed by atoms with van der Waals surface area (Å²) < 4.78 is 30.6. The van der Waals surface area contributed by atoms with Crippen LogP contribution in [0.5, 0.6) is 5.75 Å². The monoisotopic (exact) mass is 401 g/mol. The first-order valence-corrected chi connectivity index (χ1v) is 9.15. The van der Waals surface area contributed by atoms with Gasteiger partial charge in [0.2, 0.25) is 0 Å². The molecular weight excluding hydrogens is 380 g/mol. The summed E-state index contributed by atoms with van der Waals surface area (Å²) in [5, 5.41) is 7.94. The first kappa shape index (κ1) is 20.4. The molecule has 0 radical (unpaired) electrons. The molecule has 1 aromatic heterocycles. The highest BCUT2D eigenvalue weighted by molar-refractivity contribution is 6.04. The lowest BCUT2D eigenvalue weighted by atomic mass is 10.1. The van der Waals surface area contributed by atoms with E-state index in [2.05, 4.69) is 15.2 Å². The fourth-order valence-corrected chi connectivity index (χ4v) is 3.03. The van der Waals surface area contributed by atoms with Crippen molar-refractivity contribution in [2.75, 3.05) is 0 Å². The number of carbonyl (C=O) groups excluding carboxylic acids is 1. The van der Waals surface area contributed by atoms with Crippen molar-refractivity contribution < 1.29 is 18.3 Å². The van der Waals surface area contributed by atoms with E-state index in [-0.39, 0.29) is 23.0 Å². The number of nitrogens with zero attached hydrogens (tertiary/aromatic N) is 2. The van der Waals surface area contributed by atoms with E-state index in [0.29, 0.717) is 16.3 Å². The van der Waals surface area contributed by atoms with E-state index in [0.717, 1.165) is 0 Å². The minimum Gasteiger partial charge on any atom is -0.435 e. The second-order valence-electron chi connectivity index (χ2n) is 6.88. The summed E-state index contributed by atoms with van der Waals surface area (Å²) in [6.07, 6.45) is 0. The molecule has 3 aromatic rings. The fourth-order valence-electron chi connectivity index (χ4n) is 3.03. The Hall–Kier alpha value is -3.29. The number of halogens is 2. The second kappa shape index (κ2) is 8.38. The molecular formula is C21H21F2N3O3. The van der Waals surface area contributed by atoms with Gasteiger partial charge in [-0.3, -0.25) is 9.59 Å². The van der Waals surface area contributed by atoms with Crippen LogP contribution >= 0.6 is 0 Å². The van der Waals surface area contributed by atoms with Crippen molar-refractivity contribution >= 4 is 16.7 Å². The van der Waals surface area contributed by atoms with Crippen LogP contribution in [0.25, 0.3) is 10.8 Å². The Bertz CT molecular complexity index is 1100. The van der Waals surface area contributed by atoms with Gasteiger partial charge >= 0.3 is 6.61 Å². The maximum absolute atomic E-state index is 13.0. The normalized spacial score (nSPS) is 12.4. The Balaban J connectivity index is 1.94. The molecule has 0 bridgehead atoms. The summed E-state index contributed by atoms with van der Waals surface area (Å²) >= 11 is 0. The Morgan fingerprint density at radius 2 is 1.76 bits per heavy atom. The molecule has 152 valence electrons. The van der Waals surface area contributed by atoms with Gasteiger partial charge in [-0.1, -0.05) is 30.3 Å². The molecule has 1 heterocycles. The molecule has 0 aliphatic rings. The zero-order chi connectivity index (χ0) is 21.1. The van der Waals surface area contributed by atoms with Gasteiger partial charge in [-0.15, -0.1) is 0 Å². The lowest BCUT2D eigenvalue weighted by Gasteiger charge is -2.17. The van der Waals surface area contributed by atoms with Gasteiger partial charge in [0.05, 0.1) is 17.5 Å². The van der Waals surface area contributed by atoms with Gasteiger partial charge < -0.3 is 10.1 Å². The van der Waals surface area contributed by atoms with E-state index in [4.69, 9.17) is 0 Å². The van der Waals surface area contributed by atoms with Crippen molar-refractivity contribution in [3.63, 3.8) is 0 Å². The van der Waals surface area contributed by atoms with Gasteiger partial charge in [-0.05, 0) is 44.5 Å². The molecule has 1 amide bonds. The second-order valence-corrected chi connectivity index (χ2v) is 6.88. The smallest absolute Gasteiger partial charge is 0.387 e. The van der Waals surface area contributed by atoms with Crippen molar-refractivity contribution in [1.82, 2.24) is 15.1 Å². The molecule has 0 spiro atoms. The van der Waals surface area contributed by atoms with Gasteiger partial charge in [0.1, 0.15) is 5.75 Å². The van der Waals surface area contributed by atoms with Gasteiger partial charge in [0.25, 0.3) is 11.5 Å². The Kier molecular flexibility index (Phi) is 5.91. The van der Waals surface area contributed by atoms with E-state index < -0.39 is 18.6 Å². The predicted octanol–water partition coefficient (Wildman–Crippen LogP) is 4.07. The number of alkyl halides is 2. The van der Waals surface area contributed by atoms with Crippen molar-refractivity contribution in [2.45, 2.75) is 39.5 Å². The summed E-state index contributed by atoms with van der Waals surface area (Å²) in [6, 6.07) is 12.2. The maximum Gasteiger partial charge on any atom is 0.387 e. The zero-order valence-corrected chi connectivity index (χ0v) is 16.2. The molecule has 6 nitrogen and oxygen atoms in total. The van der Waals surface area contributed by atoms with Crippen LogP contribution in [0.3, 0.4) is 0 Å². The van der Waals surface area contributed by atoms with E-state index in [9.17, 15) is 18.4 Å². The number of benzene rings is 2. The van der Waals surface area contributed by atoms with E-state index in [1.165, 1.54) is 16.8 Å². The standard InChI is InChI=1S/C21H21F2N3O3/c1-12(2)26-20(28)17-10-5-4-9-16(17)18(25-26)19(27)24-13(3)14-7-6-8-15(11-14)29-21(22)23/h4-13,21H,1-3H3,(H,24,27). The third-order valence-corrected chi connectivity index (χ3v) is 4.46. The Morgan fingerprint density at radius 3 is 2.41 bits per heavy atom. The van der Waals surface area contributed by atoms with Crippen molar-refractivity contribution in [3.8, 4) is 5.75 Å². The molecule has 0 saturated carbocycles. The molecule has 3 rings (SSSR count). The Labute approximate surface area is 166 Å². The van der Waals surface area contributed by atoms with Crippen molar-refractivity contribution in [3.05, 3.63) is 70.1 Å². The largest absolute Gasteiger partial charge is 0.435 e. The number of amides is 1. The van der Waals surface area contributed by atoms with Gasteiger partial charge in [0.15, 0.2) is 5.69 Å². The van der Waals surface area contributed by atoms with Crippen LogP contribution in [0.4, 0.5) is 8.78 Å². The molecule has 0 aliphatic heterocycles. The quantitative estimate of drug-likeness (QED) is 0.676. The number of nitrogens with one attached hydrogen (secondary N) is 1. The first-order valence-electron chi connectivity index (χ1n) is 9.15. The lowest BCUT2D eigenvalue weighted by Crippen LogP contribution is -2.32. The van der Waals surface area contributed by atoms with Crippen LogP contribution in [0.2, 0.25) is 0 Å². The minimum atomic E-state index is -2.93. The topological polar surface area (TPSA) is 73.2 Å². The highest BCUT2D eigenvalue weighted by Gasteiger charge is 2.20. The minimum absolute atomic E-state index is 0.00975. The number of hydrogen-bond acceptors (Lipinski definition) is 4. The predicted molar refractivity (Wildman–Crippen MR) is 105 cm³/mol. The highest BCUT2D eigenvalue weighted by Crippen LogP contribution is 2.22. The summed E-state index contributed by atoms with van der Waals surface area (Å²) in [7, 11) is 0. The Morgan fingerprint density at radius 1 is 1.07 bits per heavy atom. The summed E-state index contributed by atoms with van der Waals surface area (Å²) in [6.45, 7) is 2.41. The number of carbonyl (C=O) groups is 1. The number of hydrogen-bond donors (Lipinski definition) is 1. The molecule has 1 unspecified atom stereocenters. The van der Waals surface area contributed by atoms with Gasteiger partial charge in [-0.25, -0.2) is 4.68 Å².